The first-order valence-corrected chi connectivity index (χ1v) is 3.67. The summed E-state index contributed by atoms with van der Waals surface area (Å²) in [6.07, 6.45) is -0.382. The van der Waals surface area contributed by atoms with Crippen LogP contribution < -0.4 is 5.73 Å². The number of nitrogens with zero attached hydrogens (tertiary/aromatic N) is 1. The smallest absolute Gasteiger partial charge is 0.405 e. The lowest BCUT2D eigenvalue weighted by atomic mass is 10.2. The van der Waals surface area contributed by atoms with E-state index in [1.807, 2.05) is 0 Å². The average Bonchev–Trinajstić information content (AvgIpc) is 2.04. The minimum atomic E-state index is -0.876. The van der Waals surface area contributed by atoms with Crippen molar-refractivity contribution in [2.75, 3.05) is 0 Å². The number of primary amides is 1. The van der Waals surface area contributed by atoms with Crippen LogP contribution in [0.25, 0.3) is 0 Å². The Balaban J connectivity index is 2.71. The number of rotatable bonds is 2. The number of ether oxygens (including phenoxy) is 1. The zero-order valence-electron chi connectivity index (χ0n) is 7.03. The Hall–Kier alpha value is -1.65. The van der Waals surface area contributed by atoms with Gasteiger partial charge in [0.1, 0.15) is 11.9 Å². The van der Waals surface area contributed by atoms with Gasteiger partial charge in [0.15, 0.2) is 0 Å². The summed E-state index contributed by atoms with van der Waals surface area (Å²) in [5.41, 5.74) is 5.26. The van der Waals surface area contributed by atoms with Gasteiger partial charge in [0, 0.05) is 0 Å². The Morgan fingerprint density at radius 2 is 2.38 bits per heavy atom. The normalized spacial score (nSPS) is 12.2. The average molecular weight is 184 g/mol. The number of halogens is 1. The molecule has 1 rings (SSSR count). The highest BCUT2D eigenvalue weighted by Gasteiger charge is 2.09. The second-order valence-corrected chi connectivity index (χ2v) is 2.48. The van der Waals surface area contributed by atoms with E-state index in [4.69, 9.17) is 5.73 Å². The van der Waals surface area contributed by atoms with Crippen LogP contribution in [0, 0.1) is 5.82 Å². The van der Waals surface area contributed by atoms with E-state index < -0.39 is 18.0 Å². The number of carbonyl (C=O) groups excluding carboxylic acids is 1. The van der Waals surface area contributed by atoms with E-state index in [0.29, 0.717) is 5.69 Å². The number of amides is 1. The molecule has 0 aliphatic rings. The number of aromatic nitrogens is 1. The molecule has 0 unspecified atom stereocenters. The van der Waals surface area contributed by atoms with Gasteiger partial charge in [0.05, 0.1) is 11.9 Å². The molecule has 0 saturated heterocycles. The van der Waals surface area contributed by atoms with E-state index in [9.17, 15) is 9.18 Å². The molecule has 0 aromatic carbocycles. The van der Waals surface area contributed by atoms with Gasteiger partial charge in [0.2, 0.25) is 0 Å². The van der Waals surface area contributed by atoms with Crippen molar-refractivity contribution in [2.24, 2.45) is 5.73 Å². The molecule has 0 fully saturated rings. The van der Waals surface area contributed by atoms with Crippen LogP contribution in [0.5, 0.6) is 0 Å². The first-order chi connectivity index (χ1) is 6.09. The summed E-state index contributed by atoms with van der Waals surface area (Å²) >= 11 is 0. The van der Waals surface area contributed by atoms with E-state index in [-0.39, 0.29) is 0 Å². The summed E-state index contributed by atoms with van der Waals surface area (Å²) in [6.45, 7) is 1.60. The molecular weight excluding hydrogens is 175 g/mol. The van der Waals surface area contributed by atoms with Crippen molar-refractivity contribution in [1.82, 2.24) is 4.98 Å². The summed E-state index contributed by atoms with van der Waals surface area (Å²) in [7, 11) is 0. The minimum absolute atomic E-state index is 0.435. The SMILES string of the molecule is C[C@H](OC(N)=O)c1ccc(F)cn1. The molecule has 0 radical (unpaired) electrons. The molecule has 0 spiro atoms. The molecule has 1 atom stereocenters. The van der Waals surface area contributed by atoms with E-state index >= 15 is 0 Å². The Morgan fingerprint density at radius 3 is 2.85 bits per heavy atom. The second-order valence-electron chi connectivity index (χ2n) is 2.48. The lowest BCUT2D eigenvalue weighted by molar-refractivity contribution is 0.114. The molecule has 1 aromatic rings. The van der Waals surface area contributed by atoms with Gasteiger partial charge in [-0.05, 0) is 19.1 Å². The topological polar surface area (TPSA) is 65.2 Å². The fourth-order valence-corrected chi connectivity index (χ4v) is 0.862. The summed E-state index contributed by atoms with van der Waals surface area (Å²) in [6, 6.07) is 2.67. The highest BCUT2D eigenvalue weighted by molar-refractivity contribution is 5.64. The van der Waals surface area contributed by atoms with Crippen molar-refractivity contribution in [3.8, 4) is 0 Å². The highest BCUT2D eigenvalue weighted by atomic mass is 19.1. The molecule has 0 aliphatic heterocycles. The van der Waals surface area contributed by atoms with Gasteiger partial charge in [-0.15, -0.1) is 0 Å². The number of pyridine rings is 1. The van der Waals surface area contributed by atoms with Gasteiger partial charge < -0.3 is 10.5 Å². The first-order valence-electron chi connectivity index (χ1n) is 3.67. The fourth-order valence-electron chi connectivity index (χ4n) is 0.862. The van der Waals surface area contributed by atoms with E-state index in [1.165, 1.54) is 12.1 Å². The number of carbonyl (C=O) groups is 1. The van der Waals surface area contributed by atoms with Gasteiger partial charge >= 0.3 is 6.09 Å². The predicted molar refractivity (Wildman–Crippen MR) is 43.3 cm³/mol. The van der Waals surface area contributed by atoms with Crippen molar-refractivity contribution < 1.29 is 13.9 Å². The number of nitrogens with two attached hydrogens (primary N) is 1. The Morgan fingerprint density at radius 1 is 1.69 bits per heavy atom. The maximum absolute atomic E-state index is 12.4. The summed E-state index contributed by atoms with van der Waals surface area (Å²) in [5.74, 6) is -0.435. The predicted octanol–water partition coefficient (Wildman–Crippen LogP) is 1.38. The van der Waals surface area contributed by atoms with Crippen molar-refractivity contribution in [3.05, 3.63) is 29.8 Å². The molecular formula is C8H9FN2O2. The number of hydrogen-bond acceptors (Lipinski definition) is 3. The molecule has 0 bridgehead atoms. The van der Waals surface area contributed by atoms with Gasteiger partial charge in [-0.2, -0.15) is 0 Å². The Labute approximate surface area is 74.5 Å². The Kier molecular flexibility index (Phi) is 2.79. The third-order valence-corrected chi connectivity index (χ3v) is 1.46. The van der Waals surface area contributed by atoms with Crippen LogP contribution in [-0.4, -0.2) is 11.1 Å². The van der Waals surface area contributed by atoms with Gasteiger partial charge in [-0.1, -0.05) is 0 Å². The van der Waals surface area contributed by atoms with Gasteiger partial charge in [-0.3, -0.25) is 4.98 Å². The maximum atomic E-state index is 12.4. The fraction of sp³-hybridized carbons (Fsp3) is 0.250. The quantitative estimate of drug-likeness (QED) is 0.754. The second kappa shape index (κ2) is 3.84. The van der Waals surface area contributed by atoms with Gasteiger partial charge in [0.25, 0.3) is 0 Å². The summed E-state index contributed by atoms with van der Waals surface area (Å²) < 4.78 is 17.0. The molecule has 5 heteroatoms. The third-order valence-electron chi connectivity index (χ3n) is 1.46. The first kappa shape index (κ1) is 9.44. The van der Waals surface area contributed by atoms with Crippen LogP contribution in [0.2, 0.25) is 0 Å². The van der Waals surface area contributed by atoms with Crippen molar-refractivity contribution in [2.45, 2.75) is 13.0 Å². The van der Waals surface area contributed by atoms with E-state index in [2.05, 4.69) is 9.72 Å². The number of hydrogen-bond donors (Lipinski definition) is 1. The zero-order valence-corrected chi connectivity index (χ0v) is 7.03. The minimum Gasteiger partial charge on any atom is -0.440 e. The third kappa shape index (κ3) is 2.70. The van der Waals surface area contributed by atoms with Crippen LogP contribution in [0.3, 0.4) is 0 Å². The standard InChI is InChI=1S/C8H9FN2O2/c1-5(13-8(10)12)7-3-2-6(9)4-11-7/h2-5H,1H3,(H2,10,12)/t5-/m0/s1. The van der Waals surface area contributed by atoms with Crippen LogP contribution in [0.15, 0.2) is 18.3 Å². The Bertz CT molecular complexity index is 300. The molecule has 2 N–H and O–H groups in total. The molecule has 0 aliphatic carbocycles. The van der Waals surface area contributed by atoms with Crippen molar-refractivity contribution in [1.29, 1.82) is 0 Å². The monoisotopic (exact) mass is 184 g/mol. The van der Waals surface area contributed by atoms with Crippen LogP contribution in [0.4, 0.5) is 9.18 Å². The van der Waals surface area contributed by atoms with Crippen LogP contribution in [-0.2, 0) is 4.74 Å². The van der Waals surface area contributed by atoms with Crippen molar-refractivity contribution in [3.63, 3.8) is 0 Å². The molecule has 13 heavy (non-hydrogen) atoms. The zero-order chi connectivity index (χ0) is 9.84. The lowest BCUT2D eigenvalue weighted by Crippen LogP contribution is -2.16. The van der Waals surface area contributed by atoms with E-state index in [1.54, 1.807) is 6.92 Å². The molecule has 1 heterocycles. The van der Waals surface area contributed by atoms with Crippen LogP contribution in [0.1, 0.15) is 18.7 Å². The van der Waals surface area contributed by atoms with E-state index in [0.717, 1.165) is 6.20 Å². The summed E-state index contributed by atoms with van der Waals surface area (Å²) in [4.78, 5) is 14.1. The molecule has 0 saturated carbocycles. The van der Waals surface area contributed by atoms with Crippen LogP contribution >= 0.6 is 0 Å². The molecule has 1 amide bonds. The molecule has 4 nitrogen and oxygen atoms in total. The maximum Gasteiger partial charge on any atom is 0.405 e. The largest absolute Gasteiger partial charge is 0.440 e. The molecule has 70 valence electrons. The molecule has 1 aromatic heterocycles. The highest BCUT2D eigenvalue weighted by Crippen LogP contribution is 2.13. The summed E-state index contributed by atoms with van der Waals surface area (Å²) in [5, 5.41) is 0. The van der Waals surface area contributed by atoms with Crippen molar-refractivity contribution >= 4 is 6.09 Å². The lowest BCUT2D eigenvalue weighted by Gasteiger charge is -2.09. The van der Waals surface area contributed by atoms with Gasteiger partial charge in [-0.25, -0.2) is 9.18 Å².